The van der Waals surface area contributed by atoms with E-state index in [0.29, 0.717) is 24.8 Å². The molecule has 0 spiro atoms. The van der Waals surface area contributed by atoms with Crippen molar-refractivity contribution >= 4 is 17.4 Å². The third-order valence-corrected chi connectivity index (χ3v) is 3.68. The predicted octanol–water partition coefficient (Wildman–Crippen LogP) is 3.73. The highest BCUT2D eigenvalue weighted by Crippen LogP contribution is 2.15. The number of anilines is 2. The number of aryl methyl sites for hydroxylation is 1. The van der Waals surface area contributed by atoms with Crippen molar-refractivity contribution in [3.63, 3.8) is 0 Å². The minimum absolute atomic E-state index is 0.197. The van der Waals surface area contributed by atoms with Gasteiger partial charge in [0.05, 0.1) is 12.9 Å². The van der Waals surface area contributed by atoms with Crippen molar-refractivity contribution in [3.8, 4) is 0 Å². The van der Waals surface area contributed by atoms with Crippen LogP contribution in [0.15, 0.2) is 57.7 Å². The molecule has 1 aromatic carbocycles. The molecule has 0 saturated heterocycles. The number of nitrogens with zero attached hydrogens (tertiary/aromatic N) is 1. The van der Waals surface area contributed by atoms with Gasteiger partial charge in [0.25, 0.3) is 0 Å². The molecule has 7 nitrogen and oxygen atoms in total. The van der Waals surface area contributed by atoms with Gasteiger partial charge in [-0.05, 0) is 43.7 Å². The van der Waals surface area contributed by atoms with E-state index in [9.17, 15) is 4.79 Å². The van der Waals surface area contributed by atoms with E-state index in [0.717, 1.165) is 17.0 Å². The van der Waals surface area contributed by atoms with Gasteiger partial charge in [0, 0.05) is 11.8 Å². The molecular weight excluding hydrogens is 334 g/mol. The molecule has 0 saturated carbocycles. The number of rotatable bonds is 8. The number of amides is 1. The third-order valence-electron chi connectivity index (χ3n) is 3.68. The van der Waals surface area contributed by atoms with Crippen LogP contribution in [0.25, 0.3) is 0 Å². The summed E-state index contributed by atoms with van der Waals surface area (Å²) in [4.78, 5) is 12.2. The van der Waals surface area contributed by atoms with Crippen LogP contribution in [-0.4, -0.2) is 17.1 Å². The number of hydrogen-bond donors (Lipinski definition) is 2. The van der Waals surface area contributed by atoms with Crippen molar-refractivity contribution < 1.29 is 18.5 Å². The van der Waals surface area contributed by atoms with Crippen LogP contribution < -0.4 is 10.6 Å². The van der Waals surface area contributed by atoms with E-state index < -0.39 is 6.04 Å². The minimum atomic E-state index is -0.439. The summed E-state index contributed by atoms with van der Waals surface area (Å²) in [6, 6.07) is 12.7. The van der Waals surface area contributed by atoms with Crippen LogP contribution in [0.1, 0.15) is 24.0 Å². The fourth-order valence-electron chi connectivity index (χ4n) is 2.39. The van der Waals surface area contributed by atoms with Gasteiger partial charge < -0.3 is 24.3 Å². The van der Waals surface area contributed by atoms with Gasteiger partial charge in [-0.25, -0.2) is 0 Å². The topological polar surface area (TPSA) is 89.5 Å². The summed E-state index contributed by atoms with van der Waals surface area (Å²) in [5.41, 5.74) is 1.84. The molecule has 3 aromatic rings. The summed E-state index contributed by atoms with van der Waals surface area (Å²) >= 11 is 0. The minimum Gasteiger partial charge on any atom is -0.467 e. The SMILES string of the molecule is Cc1cc(NC(=O)[C@@H](C)Nc2cccc(COCc3ccco3)c2)no1. The molecule has 2 heterocycles. The summed E-state index contributed by atoms with van der Waals surface area (Å²) < 4.78 is 15.8. The molecule has 26 heavy (non-hydrogen) atoms. The maximum Gasteiger partial charge on any atom is 0.247 e. The molecule has 0 unspecified atom stereocenters. The average Bonchev–Trinajstić information content (AvgIpc) is 3.27. The first-order valence-electron chi connectivity index (χ1n) is 8.30. The van der Waals surface area contributed by atoms with Gasteiger partial charge in [-0.15, -0.1) is 0 Å². The van der Waals surface area contributed by atoms with E-state index in [-0.39, 0.29) is 5.91 Å². The Hall–Kier alpha value is -3.06. The molecule has 2 aromatic heterocycles. The Morgan fingerprint density at radius 1 is 1.23 bits per heavy atom. The lowest BCUT2D eigenvalue weighted by molar-refractivity contribution is -0.116. The quantitative estimate of drug-likeness (QED) is 0.640. The molecule has 7 heteroatoms. The maximum atomic E-state index is 12.2. The predicted molar refractivity (Wildman–Crippen MR) is 96.6 cm³/mol. The fraction of sp³-hybridized carbons (Fsp3) is 0.263. The molecule has 136 valence electrons. The number of ether oxygens (including phenoxy) is 1. The van der Waals surface area contributed by atoms with Crippen LogP contribution in [0, 0.1) is 6.92 Å². The van der Waals surface area contributed by atoms with E-state index in [1.807, 2.05) is 36.4 Å². The van der Waals surface area contributed by atoms with E-state index in [4.69, 9.17) is 13.7 Å². The zero-order chi connectivity index (χ0) is 18.4. The van der Waals surface area contributed by atoms with Gasteiger partial charge in [-0.2, -0.15) is 0 Å². The van der Waals surface area contributed by atoms with Crippen molar-refractivity contribution in [2.75, 3.05) is 10.6 Å². The lowest BCUT2D eigenvalue weighted by Gasteiger charge is -2.15. The number of nitrogens with one attached hydrogen (secondary N) is 2. The first-order chi connectivity index (χ1) is 12.6. The van der Waals surface area contributed by atoms with Crippen LogP contribution in [0.3, 0.4) is 0 Å². The first-order valence-corrected chi connectivity index (χ1v) is 8.30. The molecule has 0 fully saturated rings. The highest BCUT2D eigenvalue weighted by molar-refractivity contribution is 5.95. The molecule has 3 rings (SSSR count). The van der Waals surface area contributed by atoms with Gasteiger partial charge >= 0.3 is 0 Å². The number of furan rings is 1. The number of carbonyl (C=O) groups excluding carboxylic acids is 1. The van der Waals surface area contributed by atoms with Crippen molar-refractivity contribution in [2.24, 2.45) is 0 Å². The zero-order valence-electron chi connectivity index (χ0n) is 14.7. The summed E-state index contributed by atoms with van der Waals surface area (Å²) in [6.07, 6.45) is 1.62. The Kier molecular flexibility index (Phi) is 5.70. The highest BCUT2D eigenvalue weighted by atomic mass is 16.5. The van der Waals surface area contributed by atoms with Crippen molar-refractivity contribution in [1.29, 1.82) is 0 Å². The van der Waals surface area contributed by atoms with Crippen LogP contribution in [0.4, 0.5) is 11.5 Å². The van der Waals surface area contributed by atoms with Crippen LogP contribution in [-0.2, 0) is 22.7 Å². The van der Waals surface area contributed by atoms with Gasteiger partial charge in [-0.1, -0.05) is 17.3 Å². The number of carbonyl (C=O) groups is 1. The van der Waals surface area contributed by atoms with E-state index in [2.05, 4.69) is 15.8 Å². The molecular formula is C19H21N3O4. The fourth-order valence-corrected chi connectivity index (χ4v) is 2.39. The summed E-state index contributed by atoms with van der Waals surface area (Å²) in [5.74, 6) is 1.63. The van der Waals surface area contributed by atoms with Gasteiger partial charge in [0.2, 0.25) is 5.91 Å². The second-order valence-electron chi connectivity index (χ2n) is 5.95. The third kappa shape index (κ3) is 4.97. The molecule has 0 aliphatic heterocycles. The first kappa shape index (κ1) is 17.8. The highest BCUT2D eigenvalue weighted by Gasteiger charge is 2.14. The molecule has 0 aliphatic carbocycles. The van der Waals surface area contributed by atoms with Crippen molar-refractivity contribution in [3.05, 3.63) is 65.8 Å². The maximum absolute atomic E-state index is 12.2. The monoisotopic (exact) mass is 355 g/mol. The Balaban J connectivity index is 1.51. The van der Waals surface area contributed by atoms with Crippen LogP contribution in [0.2, 0.25) is 0 Å². The van der Waals surface area contributed by atoms with E-state index >= 15 is 0 Å². The summed E-state index contributed by atoms with van der Waals surface area (Å²) in [6.45, 7) is 4.42. The lowest BCUT2D eigenvalue weighted by Crippen LogP contribution is -2.32. The Morgan fingerprint density at radius 2 is 2.12 bits per heavy atom. The summed E-state index contributed by atoms with van der Waals surface area (Å²) in [5, 5.41) is 9.63. The number of hydrogen-bond acceptors (Lipinski definition) is 6. The Bertz CT molecular complexity index is 842. The Morgan fingerprint density at radius 3 is 2.85 bits per heavy atom. The van der Waals surface area contributed by atoms with Crippen LogP contribution in [0.5, 0.6) is 0 Å². The smallest absolute Gasteiger partial charge is 0.247 e. The molecule has 0 aliphatic rings. The number of benzene rings is 1. The molecule has 2 N–H and O–H groups in total. The standard InChI is InChI=1S/C19H21N3O4/c1-13-9-18(22-26-13)21-19(23)14(2)20-16-6-3-5-15(10-16)11-24-12-17-7-4-8-25-17/h3-10,14,20H,11-12H2,1-2H3,(H,21,22,23)/t14-/m1/s1. The largest absolute Gasteiger partial charge is 0.467 e. The molecule has 1 amide bonds. The summed E-state index contributed by atoms with van der Waals surface area (Å²) in [7, 11) is 0. The molecule has 0 bridgehead atoms. The van der Waals surface area contributed by atoms with E-state index in [1.54, 1.807) is 26.2 Å². The lowest BCUT2D eigenvalue weighted by atomic mass is 10.2. The molecule has 0 radical (unpaired) electrons. The zero-order valence-corrected chi connectivity index (χ0v) is 14.7. The second kappa shape index (κ2) is 8.35. The van der Waals surface area contributed by atoms with Gasteiger partial charge in [0.15, 0.2) is 5.82 Å². The Labute approximate surface area is 151 Å². The average molecular weight is 355 g/mol. The molecule has 1 atom stereocenters. The van der Waals surface area contributed by atoms with E-state index in [1.165, 1.54) is 0 Å². The van der Waals surface area contributed by atoms with Gasteiger partial charge in [0.1, 0.15) is 24.2 Å². The number of aromatic nitrogens is 1. The second-order valence-corrected chi connectivity index (χ2v) is 5.95. The van der Waals surface area contributed by atoms with Crippen LogP contribution >= 0.6 is 0 Å². The van der Waals surface area contributed by atoms with Gasteiger partial charge in [-0.3, -0.25) is 4.79 Å². The normalized spacial score (nSPS) is 11.9. The van der Waals surface area contributed by atoms with Crippen molar-refractivity contribution in [1.82, 2.24) is 5.16 Å². The van der Waals surface area contributed by atoms with Crippen molar-refractivity contribution in [2.45, 2.75) is 33.1 Å².